The van der Waals surface area contributed by atoms with E-state index in [4.69, 9.17) is 10.00 Å². The summed E-state index contributed by atoms with van der Waals surface area (Å²) < 4.78 is 4.76. The quantitative estimate of drug-likeness (QED) is 0.753. The maximum Gasteiger partial charge on any atom is 0.334 e. The molecule has 0 bridgehead atoms. The summed E-state index contributed by atoms with van der Waals surface area (Å²) >= 11 is 0. The second-order valence-electron chi connectivity index (χ2n) is 3.46. The highest BCUT2D eigenvalue weighted by atomic mass is 16.7. The summed E-state index contributed by atoms with van der Waals surface area (Å²) in [6.07, 6.45) is 0.937. The summed E-state index contributed by atoms with van der Waals surface area (Å²) in [5.74, 6) is -2.44. The predicted molar refractivity (Wildman–Crippen MR) is 55.7 cm³/mol. The van der Waals surface area contributed by atoms with Gasteiger partial charge in [-0.1, -0.05) is 30.3 Å². The molecule has 1 heterocycles. The Balaban J connectivity index is 2.43. The third kappa shape index (κ3) is 1.69. The van der Waals surface area contributed by atoms with Crippen molar-refractivity contribution < 1.29 is 14.6 Å². The largest absolute Gasteiger partial charge is 0.424 e. The fraction of sp³-hybridized carbons (Fsp3) is 0.167. The van der Waals surface area contributed by atoms with Crippen molar-refractivity contribution in [1.82, 2.24) is 0 Å². The molecule has 0 aliphatic carbocycles. The van der Waals surface area contributed by atoms with Crippen molar-refractivity contribution in [2.75, 3.05) is 0 Å². The van der Waals surface area contributed by atoms with Crippen molar-refractivity contribution in [2.24, 2.45) is 0 Å². The molecule has 4 heteroatoms. The second kappa shape index (κ2) is 3.80. The smallest absolute Gasteiger partial charge is 0.334 e. The Morgan fingerprint density at radius 3 is 2.69 bits per heavy atom. The molecule has 2 rings (SSSR count). The van der Waals surface area contributed by atoms with Crippen molar-refractivity contribution >= 4 is 11.5 Å². The zero-order chi connectivity index (χ0) is 11.6. The van der Waals surface area contributed by atoms with Gasteiger partial charge in [0.2, 0.25) is 0 Å². The van der Waals surface area contributed by atoms with Crippen LogP contribution in [-0.4, -0.2) is 16.9 Å². The summed E-state index contributed by atoms with van der Waals surface area (Å²) in [4.78, 5) is 11.1. The average molecular weight is 215 g/mol. The Bertz CT molecular complexity index is 487. The van der Waals surface area contributed by atoms with Crippen LogP contribution < -0.4 is 0 Å². The van der Waals surface area contributed by atoms with Gasteiger partial charge in [0.15, 0.2) is 0 Å². The van der Waals surface area contributed by atoms with Crippen LogP contribution in [0.4, 0.5) is 0 Å². The molecule has 1 aromatic rings. The molecule has 0 amide bonds. The molecule has 4 nitrogen and oxygen atoms in total. The molecule has 1 aliphatic heterocycles. The van der Waals surface area contributed by atoms with Crippen molar-refractivity contribution in [3.8, 4) is 6.07 Å². The van der Waals surface area contributed by atoms with Gasteiger partial charge in [-0.05, 0) is 5.56 Å². The molecule has 80 valence electrons. The third-order valence-corrected chi connectivity index (χ3v) is 2.36. The first kappa shape index (κ1) is 10.4. The monoisotopic (exact) mass is 215 g/mol. The lowest BCUT2D eigenvalue weighted by molar-refractivity contribution is -0.173. The van der Waals surface area contributed by atoms with E-state index in [0.717, 1.165) is 0 Å². The van der Waals surface area contributed by atoms with E-state index in [1.165, 1.54) is 6.08 Å². The Kier molecular flexibility index (Phi) is 2.47. The van der Waals surface area contributed by atoms with Crippen LogP contribution in [-0.2, 0) is 9.53 Å². The van der Waals surface area contributed by atoms with E-state index in [1.807, 2.05) is 6.07 Å². The summed E-state index contributed by atoms with van der Waals surface area (Å²) in [6, 6.07) is 10.7. The molecule has 1 aromatic carbocycles. The van der Waals surface area contributed by atoms with Crippen LogP contribution in [0.2, 0.25) is 0 Å². The van der Waals surface area contributed by atoms with Gasteiger partial charge in [0.25, 0.3) is 5.79 Å². The van der Waals surface area contributed by atoms with E-state index in [-0.39, 0.29) is 6.42 Å². The topological polar surface area (TPSA) is 70.3 Å². The summed E-state index contributed by atoms with van der Waals surface area (Å²) in [5.41, 5.74) is 1.01. The minimum absolute atomic E-state index is 0.278. The van der Waals surface area contributed by atoms with Gasteiger partial charge < -0.3 is 9.84 Å². The molecule has 16 heavy (non-hydrogen) atoms. The van der Waals surface area contributed by atoms with Gasteiger partial charge in [-0.25, -0.2) is 4.79 Å². The Labute approximate surface area is 92.4 Å². The van der Waals surface area contributed by atoms with Crippen molar-refractivity contribution in [2.45, 2.75) is 12.2 Å². The lowest BCUT2D eigenvalue weighted by atomic mass is 9.97. The molecule has 0 saturated carbocycles. The number of carbonyl (C=O) groups is 1. The Hall–Kier alpha value is -2.12. The number of benzene rings is 1. The molecule has 1 unspecified atom stereocenters. The van der Waals surface area contributed by atoms with E-state index >= 15 is 0 Å². The number of ether oxygens (including phenoxy) is 1. The molecule has 0 aromatic heterocycles. The van der Waals surface area contributed by atoms with Gasteiger partial charge in [0.1, 0.15) is 6.42 Å². The highest BCUT2D eigenvalue weighted by molar-refractivity contribution is 5.98. The van der Waals surface area contributed by atoms with Gasteiger partial charge in [-0.3, -0.25) is 0 Å². The van der Waals surface area contributed by atoms with Crippen LogP contribution >= 0.6 is 0 Å². The number of carbonyl (C=O) groups excluding carboxylic acids is 1. The molecule has 1 N–H and O–H groups in total. The third-order valence-electron chi connectivity index (χ3n) is 2.36. The molecule has 1 atom stereocenters. The molecule has 1 aliphatic rings. The van der Waals surface area contributed by atoms with Crippen molar-refractivity contribution in [1.29, 1.82) is 5.26 Å². The van der Waals surface area contributed by atoms with Crippen LogP contribution in [0.1, 0.15) is 12.0 Å². The van der Waals surface area contributed by atoms with E-state index < -0.39 is 11.8 Å². The number of nitrogens with zero attached hydrogens (tertiary/aromatic N) is 1. The minimum atomic E-state index is -1.81. The van der Waals surface area contributed by atoms with Crippen LogP contribution in [0.3, 0.4) is 0 Å². The van der Waals surface area contributed by atoms with Gasteiger partial charge >= 0.3 is 5.97 Å². The predicted octanol–water partition coefficient (Wildman–Crippen LogP) is 1.23. The lowest BCUT2D eigenvalue weighted by Crippen LogP contribution is -2.30. The van der Waals surface area contributed by atoms with Crippen molar-refractivity contribution in [3.05, 3.63) is 42.0 Å². The first-order valence-corrected chi connectivity index (χ1v) is 4.75. The number of hydrogen-bond acceptors (Lipinski definition) is 4. The van der Waals surface area contributed by atoms with Crippen LogP contribution in [0.25, 0.3) is 5.57 Å². The standard InChI is InChI=1S/C12H9NO3/c13-7-6-12(15)10(8-11(14)16-12)9-4-2-1-3-5-9/h1-5,8,15H,6H2. The van der Waals surface area contributed by atoms with Gasteiger partial charge in [0, 0.05) is 11.6 Å². The number of nitriles is 1. The highest BCUT2D eigenvalue weighted by Crippen LogP contribution is 2.35. The van der Waals surface area contributed by atoms with Gasteiger partial charge in [-0.15, -0.1) is 0 Å². The van der Waals surface area contributed by atoms with Crippen LogP contribution in [0, 0.1) is 11.3 Å². The van der Waals surface area contributed by atoms with E-state index in [2.05, 4.69) is 0 Å². The Morgan fingerprint density at radius 1 is 1.38 bits per heavy atom. The first-order valence-electron chi connectivity index (χ1n) is 4.75. The fourth-order valence-electron chi connectivity index (χ4n) is 1.65. The molecule has 0 radical (unpaired) electrons. The van der Waals surface area contributed by atoms with Gasteiger partial charge in [-0.2, -0.15) is 5.26 Å². The van der Waals surface area contributed by atoms with E-state index in [0.29, 0.717) is 11.1 Å². The number of rotatable bonds is 2. The molecular formula is C12H9NO3. The second-order valence-corrected chi connectivity index (χ2v) is 3.46. The molecule has 0 spiro atoms. The van der Waals surface area contributed by atoms with Crippen LogP contribution in [0.5, 0.6) is 0 Å². The fourth-order valence-corrected chi connectivity index (χ4v) is 1.65. The van der Waals surface area contributed by atoms with Crippen molar-refractivity contribution in [3.63, 3.8) is 0 Å². The maximum atomic E-state index is 11.1. The summed E-state index contributed by atoms with van der Waals surface area (Å²) in [6.45, 7) is 0. The zero-order valence-corrected chi connectivity index (χ0v) is 8.38. The number of cyclic esters (lactones) is 1. The maximum absolute atomic E-state index is 11.1. The lowest BCUT2D eigenvalue weighted by Gasteiger charge is -2.22. The minimum Gasteiger partial charge on any atom is -0.424 e. The summed E-state index contributed by atoms with van der Waals surface area (Å²) in [7, 11) is 0. The SMILES string of the molecule is N#CCC1(O)OC(=O)C=C1c1ccccc1. The Morgan fingerprint density at radius 2 is 2.06 bits per heavy atom. The van der Waals surface area contributed by atoms with Crippen LogP contribution in [0.15, 0.2) is 36.4 Å². The number of esters is 1. The normalized spacial score (nSPS) is 23.5. The molecular weight excluding hydrogens is 206 g/mol. The zero-order valence-electron chi connectivity index (χ0n) is 8.38. The van der Waals surface area contributed by atoms with E-state index in [1.54, 1.807) is 30.3 Å². The van der Waals surface area contributed by atoms with E-state index in [9.17, 15) is 9.90 Å². The molecule has 0 fully saturated rings. The average Bonchev–Trinajstić information content (AvgIpc) is 2.56. The first-order chi connectivity index (χ1) is 7.65. The summed E-state index contributed by atoms with van der Waals surface area (Å²) in [5, 5.41) is 18.7. The van der Waals surface area contributed by atoms with Gasteiger partial charge in [0.05, 0.1) is 6.07 Å². The number of aliphatic hydroxyl groups is 1. The molecule has 0 saturated heterocycles. The number of hydrogen-bond donors (Lipinski definition) is 1. The highest BCUT2D eigenvalue weighted by Gasteiger charge is 2.41.